The fourth-order valence-corrected chi connectivity index (χ4v) is 7.95. The molecule has 5 nitrogen and oxygen atoms in total. The number of allylic oxidation sites excluding steroid dienone is 4. The number of hydrogen-bond donors (Lipinski definition) is 3. The Morgan fingerprint density at radius 1 is 0.550 bits per heavy atom. The molecule has 2 aromatic heterocycles. The molecule has 0 saturated carbocycles. The number of hydrogen-bond acceptors (Lipinski definition) is 3. The maximum Gasteiger partial charge on any atom is 0.0945 e. The Bertz CT molecular complexity index is 2350. The third-order valence-corrected chi connectivity index (χ3v) is 10.2. The third kappa shape index (κ3) is 10.1. The third-order valence-electron chi connectivity index (χ3n) is 10.2. The van der Waals surface area contributed by atoms with Crippen molar-refractivity contribution >= 4 is 34.0 Å². The lowest BCUT2D eigenvalue weighted by Crippen LogP contribution is -2.42. The van der Waals surface area contributed by atoms with Gasteiger partial charge in [-0.3, -0.25) is 0 Å². The van der Waals surface area contributed by atoms with Gasteiger partial charge in [0.15, 0.2) is 0 Å². The summed E-state index contributed by atoms with van der Waals surface area (Å²) in [6.45, 7) is 23.7. The number of aromatic nitrogens is 2. The Labute approximate surface area is 361 Å². The van der Waals surface area contributed by atoms with Crippen LogP contribution >= 0.6 is 0 Å². The molecule has 0 spiro atoms. The number of para-hydroxylation sites is 1. The zero-order chi connectivity index (χ0) is 44.1. The fraction of sp³-hybridized carbons (Fsp3) is 0.236. The van der Waals surface area contributed by atoms with Gasteiger partial charge >= 0.3 is 0 Å². The van der Waals surface area contributed by atoms with E-state index >= 15 is 0 Å². The summed E-state index contributed by atoms with van der Waals surface area (Å²) < 4.78 is 4.91. The van der Waals surface area contributed by atoms with E-state index in [1.165, 1.54) is 66.7 Å². The Morgan fingerprint density at radius 3 is 1.23 bits per heavy atom. The molecule has 0 fully saturated rings. The van der Waals surface area contributed by atoms with E-state index in [-0.39, 0.29) is 6.67 Å². The first-order chi connectivity index (χ1) is 29.4. The van der Waals surface area contributed by atoms with E-state index in [2.05, 4.69) is 226 Å². The topological polar surface area (TPSA) is 73.9 Å². The molecule has 0 bridgehead atoms. The molecule has 2 heterocycles. The quantitative estimate of drug-likeness (QED) is 0.0693. The number of nitrogens with two attached hydrogens (primary N) is 2. The van der Waals surface area contributed by atoms with Crippen LogP contribution in [-0.2, 0) is 18.4 Å². The highest BCUT2D eigenvalue weighted by molar-refractivity contribution is 6.03. The van der Waals surface area contributed by atoms with Crippen molar-refractivity contribution in [2.24, 2.45) is 11.5 Å². The summed E-state index contributed by atoms with van der Waals surface area (Å²) >= 11 is 0. The number of fused-ring (bicyclic) bond motifs is 2. The summed E-state index contributed by atoms with van der Waals surface area (Å²) in [5.41, 5.74) is 22.4. The Morgan fingerprint density at radius 2 is 0.900 bits per heavy atom. The predicted octanol–water partition coefficient (Wildman–Crippen LogP) is 13.5. The van der Waals surface area contributed by atoms with Gasteiger partial charge in [-0.05, 0) is 110 Å². The van der Waals surface area contributed by atoms with Crippen LogP contribution in [0.4, 0.5) is 0 Å². The van der Waals surface area contributed by atoms with E-state index in [0.717, 1.165) is 18.5 Å². The minimum absolute atomic E-state index is 0.250. The van der Waals surface area contributed by atoms with E-state index in [0.29, 0.717) is 0 Å². The van der Waals surface area contributed by atoms with Gasteiger partial charge in [0.05, 0.1) is 16.6 Å². The molecule has 0 aliphatic rings. The van der Waals surface area contributed by atoms with Crippen molar-refractivity contribution in [1.82, 2.24) is 14.5 Å². The van der Waals surface area contributed by atoms with Gasteiger partial charge in [0.1, 0.15) is 0 Å². The molecule has 7 aromatic rings. The largest absolute Gasteiger partial charge is 0.319 e. The average Bonchev–Trinajstić information content (AvgIpc) is 3.79. The van der Waals surface area contributed by atoms with Crippen molar-refractivity contribution < 1.29 is 0 Å². The molecule has 0 amide bonds. The van der Waals surface area contributed by atoms with Crippen molar-refractivity contribution in [2.75, 3.05) is 13.7 Å². The molecular formula is C55H69N5. The molecule has 60 heavy (non-hydrogen) atoms. The summed E-state index contributed by atoms with van der Waals surface area (Å²) in [7, 11) is 2.06. The van der Waals surface area contributed by atoms with Crippen LogP contribution in [0.15, 0.2) is 165 Å². The number of benzene rings is 5. The first kappa shape index (κ1) is 48.4. The van der Waals surface area contributed by atoms with Gasteiger partial charge in [-0.15, -0.1) is 0 Å². The smallest absolute Gasteiger partial charge is 0.0945 e. The molecular weight excluding hydrogens is 731 g/mol. The van der Waals surface area contributed by atoms with Crippen LogP contribution in [0.1, 0.15) is 94.6 Å². The van der Waals surface area contributed by atoms with Crippen molar-refractivity contribution in [3.05, 3.63) is 204 Å². The van der Waals surface area contributed by atoms with E-state index in [1.54, 1.807) is 12.2 Å². The molecule has 5 heteroatoms. The molecule has 7 rings (SSSR count). The van der Waals surface area contributed by atoms with Gasteiger partial charge in [0.2, 0.25) is 0 Å². The minimum Gasteiger partial charge on any atom is -0.319 e. The van der Waals surface area contributed by atoms with Gasteiger partial charge in [0.25, 0.3) is 0 Å². The first-order valence-electron chi connectivity index (χ1n) is 21.5. The maximum absolute atomic E-state index is 4.62. The van der Waals surface area contributed by atoms with Crippen molar-refractivity contribution in [3.63, 3.8) is 0 Å². The highest BCUT2D eigenvalue weighted by Crippen LogP contribution is 2.41. The highest BCUT2D eigenvalue weighted by atomic mass is 15.0. The van der Waals surface area contributed by atoms with Crippen LogP contribution in [0.25, 0.3) is 45.3 Å². The van der Waals surface area contributed by atoms with Crippen LogP contribution in [-0.4, -0.2) is 22.9 Å². The number of rotatable bonds is 11. The Hall–Kier alpha value is -5.98. The molecule has 5 aromatic carbocycles. The molecule has 314 valence electrons. The molecule has 0 aliphatic heterocycles. The van der Waals surface area contributed by atoms with Gasteiger partial charge in [-0.25, -0.2) is 0 Å². The molecule has 0 aliphatic carbocycles. The number of nitrogens with one attached hydrogen (secondary N) is 1. The van der Waals surface area contributed by atoms with Crippen molar-refractivity contribution in [1.29, 1.82) is 0 Å². The molecule has 0 saturated heterocycles. The zero-order valence-electron chi connectivity index (χ0n) is 37.7. The van der Waals surface area contributed by atoms with Crippen molar-refractivity contribution in [3.8, 4) is 11.4 Å². The molecule has 5 N–H and O–H groups in total. The second-order valence-electron chi connectivity index (χ2n) is 13.3. The van der Waals surface area contributed by atoms with Crippen LogP contribution in [0, 0.1) is 0 Å². The van der Waals surface area contributed by atoms with E-state index in [1.807, 2.05) is 27.7 Å². The lowest BCUT2D eigenvalue weighted by Gasteiger charge is -2.36. The van der Waals surface area contributed by atoms with E-state index in [9.17, 15) is 0 Å². The maximum atomic E-state index is 4.62. The number of nitrogens with zero attached hydrogens (tertiary/aromatic N) is 2. The summed E-state index contributed by atoms with van der Waals surface area (Å²) in [6.07, 6.45) is 14.1. The van der Waals surface area contributed by atoms with Gasteiger partial charge in [0, 0.05) is 40.2 Å². The summed E-state index contributed by atoms with van der Waals surface area (Å²) in [5.74, 6) is 0. The van der Waals surface area contributed by atoms with E-state index < -0.39 is 5.54 Å². The zero-order valence-corrected chi connectivity index (χ0v) is 37.7. The predicted molar refractivity (Wildman–Crippen MR) is 266 cm³/mol. The second-order valence-corrected chi connectivity index (χ2v) is 13.3. The first-order valence-corrected chi connectivity index (χ1v) is 21.5. The minimum atomic E-state index is -0.497. The van der Waals surface area contributed by atoms with Crippen LogP contribution in [0.3, 0.4) is 0 Å². The standard InChI is InChI=1S/C46H45N3.C4H6.2C2H6.CH6N2/c1-6-19-42-38(8-3)40-31-41-39(9-4)43(20-7-2)49(45(41)32-44(40)48(42)36-25-17-12-18-26-36)37-29-27-35(28-30-37)46(47-5,33-21-13-10-14-22-33)34-23-15-11-16-24-34;1-3-4-2;2*1-2;2-1-3/h6-7,10-32,47H,8-9H2,1-5H3;3-4H,1-2H2;2*1-2H3;1-3H2/b19-6-,20-7-;;;;. The number of aryl methyl sites for hydroxylation is 2. The Balaban J connectivity index is 0.000000794. The Kier molecular flexibility index (Phi) is 20.0. The highest BCUT2D eigenvalue weighted by Gasteiger charge is 2.34. The van der Waals surface area contributed by atoms with Gasteiger partial charge in [-0.1, -0.05) is 170 Å². The van der Waals surface area contributed by atoms with Gasteiger partial charge in [-0.2, -0.15) is 0 Å². The molecule has 0 radical (unpaired) electrons. The van der Waals surface area contributed by atoms with E-state index in [4.69, 9.17) is 0 Å². The van der Waals surface area contributed by atoms with Gasteiger partial charge < -0.3 is 25.9 Å². The molecule has 0 atom stereocenters. The summed E-state index contributed by atoms with van der Waals surface area (Å²) in [5, 5.41) is 6.38. The van der Waals surface area contributed by atoms with Crippen molar-refractivity contribution in [2.45, 2.75) is 73.8 Å². The van der Waals surface area contributed by atoms with Crippen LogP contribution in [0.2, 0.25) is 0 Å². The lowest BCUT2D eigenvalue weighted by molar-refractivity contribution is 0.525. The monoisotopic (exact) mass is 800 g/mol. The normalized spacial score (nSPS) is 10.8. The summed E-state index contributed by atoms with van der Waals surface area (Å²) in [4.78, 5) is 0. The molecule has 0 unspecified atom stereocenters. The second kappa shape index (κ2) is 24.8. The fourth-order valence-electron chi connectivity index (χ4n) is 7.95. The van der Waals surface area contributed by atoms with Crippen LogP contribution in [0.5, 0.6) is 0 Å². The SMILES string of the molecule is C/C=C\c1c(CC)c2cc3c(CC)c(/C=C\C)n(-c4ccc(C(NC)(c5ccccc5)c5ccccc5)cc4)c3cc2n1-c1ccccc1.C=CC=C.CC.CC.NCN. The lowest BCUT2D eigenvalue weighted by atomic mass is 9.77. The summed E-state index contributed by atoms with van der Waals surface area (Å²) in [6, 6.07) is 46.4. The average molecular weight is 800 g/mol. The van der Waals surface area contributed by atoms with Crippen LogP contribution < -0.4 is 16.8 Å².